The van der Waals surface area contributed by atoms with Gasteiger partial charge >= 0.3 is 0 Å². The first-order chi connectivity index (χ1) is 8.28. The van der Waals surface area contributed by atoms with E-state index in [9.17, 15) is 0 Å². The van der Waals surface area contributed by atoms with Gasteiger partial charge in [0.2, 0.25) is 0 Å². The number of ether oxygens (including phenoxy) is 2. The molecule has 1 heterocycles. The van der Waals surface area contributed by atoms with E-state index in [1.54, 1.807) is 25.6 Å². The number of thiazole rings is 1. The van der Waals surface area contributed by atoms with E-state index < -0.39 is 0 Å². The molecule has 0 bridgehead atoms. The Morgan fingerprint density at radius 1 is 1.24 bits per heavy atom. The molecule has 2 aromatic rings. The van der Waals surface area contributed by atoms with Gasteiger partial charge < -0.3 is 15.2 Å². The molecular formula is C12H14N2O2S. The van der Waals surface area contributed by atoms with Crippen LogP contribution in [-0.4, -0.2) is 19.2 Å². The first kappa shape index (κ1) is 11.9. The van der Waals surface area contributed by atoms with Crippen molar-refractivity contribution in [1.82, 2.24) is 4.98 Å². The van der Waals surface area contributed by atoms with Gasteiger partial charge in [-0.25, -0.2) is 4.98 Å². The predicted octanol–water partition coefficient (Wildman–Crippen LogP) is 2.29. The highest BCUT2D eigenvalue weighted by Crippen LogP contribution is 2.32. The van der Waals surface area contributed by atoms with Crippen molar-refractivity contribution in [2.24, 2.45) is 5.73 Å². The first-order valence-corrected chi connectivity index (χ1v) is 6.03. The van der Waals surface area contributed by atoms with E-state index in [1.165, 1.54) is 0 Å². The number of nitrogens with two attached hydrogens (primary N) is 1. The van der Waals surface area contributed by atoms with Crippen LogP contribution in [0.3, 0.4) is 0 Å². The summed E-state index contributed by atoms with van der Waals surface area (Å²) in [5.41, 5.74) is 7.46. The maximum atomic E-state index is 5.55. The van der Waals surface area contributed by atoms with Gasteiger partial charge in [-0.15, -0.1) is 11.3 Å². The van der Waals surface area contributed by atoms with Gasteiger partial charge in [-0.1, -0.05) is 0 Å². The Hall–Kier alpha value is -1.59. The lowest BCUT2D eigenvalue weighted by Crippen LogP contribution is -1.95. The standard InChI is InChI=1S/C12H14N2O2S/c1-15-10-4-3-8(5-11(10)16-2)9-7-17-12(6-13)14-9/h3-5,7H,6,13H2,1-2H3. The third kappa shape index (κ3) is 2.40. The van der Waals surface area contributed by atoms with Gasteiger partial charge in [0.05, 0.1) is 19.9 Å². The molecule has 0 fully saturated rings. The molecule has 0 amide bonds. The molecule has 0 atom stereocenters. The summed E-state index contributed by atoms with van der Waals surface area (Å²) in [4.78, 5) is 4.43. The van der Waals surface area contributed by atoms with Gasteiger partial charge in [0.1, 0.15) is 5.01 Å². The fourth-order valence-electron chi connectivity index (χ4n) is 1.53. The number of aromatic nitrogens is 1. The highest BCUT2D eigenvalue weighted by molar-refractivity contribution is 7.09. The summed E-state index contributed by atoms with van der Waals surface area (Å²) in [6.07, 6.45) is 0. The zero-order valence-electron chi connectivity index (χ0n) is 9.77. The van der Waals surface area contributed by atoms with Crippen molar-refractivity contribution < 1.29 is 9.47 Å². The van der Waals surface area contributed by atoms with E-state index in [-0.39, 0.29) is 0 Å². The molecule has 0 spiro atoms. The topological polar surface area (TPSA) is 57.4 Å². The second-order valence-corrected chi connectivity index (χ2v) is 4.34. The van der Waals surface area contributed by atoms with Crippen LogP contribution in [0.15, 0.2) is 23.6 Å². The lowest BCUT2D eigenvalue weighted by Gasteiger charge is -2.08. The number of rotatable bonds is 4. The van der Waals surface area contributed by atoms with E-state index in [0.29, 0.717) is 18.0 Å². The van der Waals surface area contributed by atoms with E-state index in [0.717, 1.165) is 16.3 Å². The van der Waals surface area contributed by atoms with Crippen LogP contribution in [0.25, 0.3) is 11.3 Å². The summed E-state index contributed by atoms with van der Waals surface area (Å²) in [6, 6.07) is 5.74. The molecule has 0 unspecified atom stereocenters. The van der Waals surface area contributed by atoms with Gasteiger partial charge in [-0.05, 0) is 18.2 Å². The predicted molar refractivity (Wildman–Crippen MR) is 68.5 cm³/mol. The molecule has 2 rings (SSSR count). The third-order valence-electron chi connectivity index (χ3n) is 2.41. The van der Waals surface area contributed by atoms with Crippen LogP contribution in [0.2, 0.25) is 0 Å². The number of methoxy groups -OCH3 is 2. The van der Waals surface area contributed by atoms with Crippen molar-refractivity contribution in [2.75, 3.05) is 14.2 Å². The van der Waals surface area contributed by atoms with Crippen LogP contribution < -0.4 is 15.2 Å². The molecule has 0 aliphatic carbocycles. The van der Waals surface area contributed by atoms with Gasteiger partial charge in [-0.3, -0.25) is 0 Å². The Bertz CT molecular complexity index is 511. The molecule has 90 valence electrons. The highest BCUT2D eigenvalue weighted by Gasteiger charge is 2.08. The van der Waals surface area contributed by atoms with Crippen molar-refractivity contribution in [3.63, 3.8) is 0 Å². The maximum Gasteiger partial charge on any atom is 0.161 e. The molecule has 0 aliphatic heterocycles. The molecular weight excluding hydrogens is 236 g/mol. The summed E-state index contributed by atoms with van der Waals surface area (Å²) in [5, 5.41) is 2.92. The maximum absolute atomic E-state index is 5.55. The minimum atomic E-state index is 0.470. The van der Waals surface area contributed by atoms with Crippen molar-refractivity contribution in [3.8, 4) is 22.8 Å². The summed E-state index contributed by atoms with van der Waals surface area (Å²) < 4.78 is 10.4. The van der Waals surface area contributed by atoms with E-state index in [2.05, 4.69) is 4.98 Å². The first-order valence-electron chi connectivity index (χ1n) is 5.15. The van der Waals surface area contributed by atoms with Crippen LogP contribution in [-0.2, 0) is 6.54 Å². The molecule has 0 aliphatic rings. The van der Waals surface area contributed by atoms with Gasteiger partial charge in [0, 0.05) is 17.5 Å². The number of benzene rings is 1. The Morgan fingerprint density at radius 3 is 2.59 bits per heavy atom. The van der Waals surface area contributed by atoms with Gasteiger partial charge in [0.25, 0.3) is 0 Å². The average Bonchev–Trinajstić information content (AvgIpc) is 2.86. The van der Waals surface area contributed by atoms with Crippen molar-refractivity contribution >= 4 is 11.3 Å². The quantitative estimate of drug-likeness (QED) is 0.904. The molecule has 0 radical (unpaired) electrons. The molecule has 5 heteroatoms. The molecule has 1 aromatic carbocycles. The zero-order chi connectivity index (χ0) is 12.3. The third-order valence-corrected chi connectivity index (χ3v) is 3.28. The molecule has 17 heavy (non-hydrogen) atoms. The van der Waals surface area contributed by atoms with Crippen LogP contribution in [0, 0.1) is 0 Å². The molecule has 0 saturated heterocycles. The minimum absolute atomic E-state index is 0.470. The highest BCUT2D eigenvalue weighted by atomic mass is 32.1. The van der Waals surface area contributed by atoms with Crippen molar-refractivity contribution in [3.05, 3.63) is 28.6 Å². The number of nitrogens with zero attached hydrogens (tertiary/aromatic N) is 1. The second kappa shape index (κ2) is 5.16. The van der Waals surface area contributed by atoms with E-state index >= 15 is 0 Å². The van der Waals surface area contributed by atoms with Crippen LogP contribution in [0.1, 0.15) is 5.01 Å². The van der Waals surface area contributed by atoms with Gasteiger partial charge in [0.15, 0.2) is 11.5 Å². The summed E-state index contributed by atoms with van der Waals surface area (Å²) in [6.45, 7) is 0.470. The van der Waals surface area contributed by atoms with Crippen LogP contribution in [0.4, 0.5) is 0 Å². The average molecular weight is 250 g/mol. The zero-order valence-corrected chi connectivity index (χ0v) is 10.6. The number of hydrogen-bond acceptors (Lipinski definition) is 5. The Morgan fingerprint density at radius 2 is 2.00 bits per heavy atom. The van der Waals surface area contributed by atoms with E-state index in [4.69, 9.17) is 15.2 Å². The summed E-state index contributed by atoms with van der Waals surface area (Å²) in [7, 11) is 3.24. The SMILES string of the molecule is COc1ccc(-c2csc(CN)n2)cc1OC. The van der Waals surface area contributed by atoms with E-state index in [1.807, 2.05) is 23.6 Å². The fraction of sp³-hybridized carbons (Fsp3) is 0.250. The fourth-order valence-corrected chi connectivity index (χ4v) is 2.22. The molecule has 2 N–H and O–H groups in total. The summed E-state index contributed by atoms with van der Waals surface area (Å²) in [5.74, 6) is 1.41. The minimum Gasteiger partial charge on any atom is -0.493 e. The van der Waals surface area contributed by atoms with Crippen LogP contribution >= 0.6 is 11.3 Å². The number of hydrogen-bond donors (Lipinski definition) is 1. The largest absolute Gasteiger partial charge is 0.493 e. The van der Waals surface area contributed by atoms with Crippen molar-refractivity contribution in [2.45, 2.75) is 6.54 Å². The lowest BCUT2D eigenvalue weighted by molar-refractivity contribution is 0.355. The molecule has 0 saturated carbocycles. The Kier molecular flexibility index (Phi) is 3.61. The Balaban J connectivity index is 2.38. The molecule has 4 nitrogen and oxygen atoms in total. The van der Waals surface area contributed by atoms with Crippen LogP contribution in [0.5, 0.6) is 11.5 Å². The van der Waals surface area contributed by atoms with Crippen molar-refractivity contribution in [1.29, 1.82) is 0 Å². The molecule has 1 aromatic heterocycles. The lowest BCUT2D eigenvalue weighted by atomic mass is 10.1. The summed E-state index contributed by atoms with van der Waals surface area (Å²) >= 11 is 1.56. The normalized spacial score (nSPS) is 10.3. The Labute approximate surface area is 104 Å². The smallest absolute Gasteiger partial charge is 0.161 e. The second-order valence-electron chi connectivity index (χ2n) is 3.40. The monoisotopic (exact) mass is 250 g/mol. The van der Waals surface area contributed by atoms with Gasteiger partial charge in [-0.2, -0.15) is 0 Å².